The predicted octanol–water partition coefficient (Wildman–Crippen LogP) is 3.15. The van der Waals surface area contributed by atoms with E-state index in [0.717, 1.165) is 42.4 Å². The second-order valence-electron chi connectivity index (χ2n) is 7.62. The van der Waals surface area contributed by atoms with Crippen LogP contribution in [0, 0.1) is 5.92 Å². The number of methoxy groups -OCH3 is 1. The molecule has 1 aliphatic heterocycles. The Balaban J connectivity index is 1.59. The van der Waals surface area contributed by atoms with Crippen LogP contribution in [0.25, 0.3) is 10.9 Å². The maximum Gasteiger partial charge on any atom is 0.261 e. The Kier molecular flexibility index (Phi) is 4.60. The van der Waals surface area contributed by atoms with Gasteiger partial charge in [0, 0.05) is 31.7 Å². The van der Waals surface area contributed by atoms with Gasteiger partial charge in [0.2, 0.25) is 5.13 Å². The Morgan fingerprint density at radius 2 is 2.07 bits per heavy atom. The maximum absolute atomic E-state index is 13.3. The summed E-state index contributed by atoms with van der Waals surface area (Å²) in [6.45, 7) is 2.08. The topological polar surface area (TPSA) is 73.1 Å². The van der Waals surface area contributed by atoms with Crippen LogP contribution >= 0.6 is 11.5 Å². The number of aromatic nitrogens is 4. The highest BCUT2D eigenvalue weighted by atomic mass is 32.1. The molecule has 0 N–H and O–H groups in total. The van der Waals surface area contributed by atoms with Crippen LogP contribution < -0.4 is 10.5 Å². The number of benzene rings is 1. The minimum atomic E-state index is 0.0550. The van der Waals surface area contributed by atoms with Crippen LogP contribution in [0.15, 0.2) is 29.1 Å². The van der Waals surface area contributed by atoms with Gasteiger partial charge in [0.1, 0.15) is 12.4 Å². The van der Waals surface area contributed by atoms with E-state index in [4.69, 9.17) is 9.72 Å². The maximum atomic E-state index is 13.3. The van der Waals surface area contributed by atoms with Crippen LogP contribution in [0.5, 0.6) is 0 Å². The lowest BCUT2D eigenvalue weighted by Crippen LogP contribution is -2.32. The molecule has 28 heavy (non-hydrogen) atoms. The van der Waals surface area contributed by atoms with Gasteiger partial charge in [-0.3, -0.25) is 9.36 Å². The van der Waals surface area contributed by atoms with E-state index in [2.05, 4.69) is 14.3 Å². The molecule has 3 heterocycles. The Bertz CT molecular complexity index is 1060. The fourth-order valence-electron chi connectivity index (χ4n) is 3.99. The Morgan fingerprint density at radius 1 is 1.21 bits per heavy atom. The highest BCUT2D eigenvalue weighted by Crippen LogP contribution is 2.37. The molecule has 1 aromatic carbocycles. The summed E-state index contributed by atoms with van der Waals surface area (Å²) >= 11 is 1.39. The number of ether oxygens (including phenoxy) is 1. The molecule has 0 bridgehead atoms. The Morgan fingerprint density at radius 3 is 2.89 bits per heavy atom. The predicted molar refractivity (Wildman–Crippen MR) is 109 cm³/mol. The standard InChI is InChI=1S/C20H23N5O2S/c1-27-12-17-22-20(28-23-17)24-10-4-7-16(24)18-21-15-6-3-2-5-14(15)19(26)25(18)11-13-8-9-13/h2-3,5-6,13,16H,4,7-12H2,1H3. The van der Waals surface area contributed by atoms with Crippen LogP contribution in [-0.2, 0) is 17.9 Å². The average Bonchev–Trinajstić information content (AvgIpc) is 3.19. The SMILES string of the molecule is COCc1nsc(N2CCCC2c2nc3ccccc3c(=O)n2CC2CC2)n1. The van der Waals surface area contributed by atoms with Gasteiger partial charge in [-0.2, -0.15) is 4.37 Å². The first-order valence-electron chi connectivity index (χ1n) is 9.82. The number of nitrogens with zero attached hydrogens (tertiary/aromatic N) is 5. The first-order valence-corrected chi connectivity index (χ1v) is 10.6. The zero-order valence-electron chi connectivity index (χ0n) is 15.9. The average molecular weight is 398 g/mol. The van der Waals surface area contributed by atoms with Crippen molar-refractivity contribution >= 4 is 27.6 Å². The third kappa shape index (κ3) is 3.20. The normalized spacial score (nSPS) is 19.6. The van der Waals surface area contributed by atoms with Gasteiger partial charge >= 0.3 is 0 Å². The van der Waals surface area contributed by atoms with Crippen molar-refractivity contribution in [1.29, 1.82) is 0 Å². The van der Waals surface area contributed by atoms with E-state index < -0.39 is 0 Å². The van der Waals surface area contributed by atoms with Crippen molar-refractivity contribution in [3.63, 3.8) is 0 Å². The van der Waals surface area contributed by atoms with Crippen LogP contribution in [0.1, 0.15) is 43.4 Å². The third-order valence-corrected chi connectivity index (χ3v) is 6.35. The quantitative estimate of drug-likeness (QED) is 0.636. The van der Waals surface area contributed by atoms with Gasteiger partial charge in [0.15, 0.2) is 5.82 Å². The van der Waals surface area contributed by atoms with Crippen molar-refractivity contribution in [2.75, 3.05) is 18.6 Å². The number of hydrogen-bond acceptors (Lipinski definition) is 7. The van der Waals surface area contributed by atoms with Gasteiger partial charge in [-0.1, -0.05) is 12.1 Å². The number of fused-ring (bicyclic) bond motifs is 1. The van der Waals surface area contributed by atoms with Gasteiger partial charge in [0.25, 0.3) is 5.56 Å². The molecule has 8 heteroatoms. The third-order valence-electron chi connectivity index (χ3n) is 5.56. The molecular weight excluding hydrogens is 374 g/mol. The summed E-state index contributed by atoms with van der Waals surface area (Å²) in [4.78, 5) is 25.1. The van der Waals surface area contributed by atoms with Crippen molar-refractivity contribution in [3.05, 3.63) is 46.3 Å². The smallest absolute Gasteiger partial charge is 0.261 e. The molecular formula is C20H23N5O2S. The van der Waals surface area contributed by atoms with E-state index in [0.29, 0.717) is 23.7 Å². The van der Waals surface area contributed by atoms with Gasteiger partial charge in [0.05, 0.1) is 16.9 Å². The molecule has 1 saturated carbocycles. The molecule has 1 atom stereocenters. The van der Waals surface area contributed by atoms with Crippen LogP contribution in [0.2, 0.25) is 0 Å². The minimum Gasteiger partial charge on any atom is -0.377 e. The van der Waals surface area contributed by atoms with Gasteiger partial charge in [-0.05, 0) is 43.7 Å². The molecule has 1 unspecified atom stereocenters. The fourth-order valence-corrected chi connectivity index (χ4v) is 4.74. The second-order valence-corrected chi connectivity index (χ2v) is 8.35. The summed E-state index contributed by atoms with van der Waals surface area (Å²) in [6, 6.07) is 7.72. The van der Waals surface area contributed by atoms with Crippen molar-refractivity contribution in [2.45, 2.75) is 44.9 Å². The van der Waals surface area contributed by atoms with E-state index in [1.165, 1.54) is 24.4 Å². The second kappa shape index (κ2) is 7.25. The van der Waals surface area contributed by atoms with E-state index in [9.17, 15) is 4.79 Å². The lowest BCUT2D eigenvalue weighted by atomic mass is 10.1. The highest BCUT2D eigenvalue weighted by Gasteiger charge is 2.34. The zero-order chi connectivity index (χ0) is 19.1. The first kappa shape index (κ1) is 17.8. The van der Waals surface area contributed by atoms with Gasteiger partial charge < -0.3 is 9.64 Å². The van der Waals surface area contributed by atoms with Crippen LogP contribution in [0.4, 0.5) is 5.13 Å². The van der Waals surface area contributed by atoms with Crippen LogP contribution in [0.3, 0.4) is 0 Å². The molecule has 5 rings (SSSR count). The molecule has 2 fully saturated rings. The van der Waals surface area contributed by atoms with E-state index in [1.54, 1.807) is 7.11 Å². The van der Waals surface area contributed by atoms with Crippen LogP contribution in [-0.4, -0.2) is 32.6 Å². The number of anilines is 1. The molecule has 3 aromatic rings. The summed E-state index contributed by atoms with van der Waals surface area (Å²) < 4.78 is 11.5. The molecule has 146 valence electrons. The van der Waals surface area contributed by atoms with E-state index >= 15 is 0 Å². The lowest BCUT2D eigenvalue weighted by Gasteiger charge is -2.26. The Hall–Kier alpha value is -2.32. The summed E-state index contributed by atoms with van der Waals surface area (Å²) in [6.07, 6.45) is 4.42. The van der Waals surface area contributed by atoms with Gasteiger partial charge in [-0.25, -0.2) is 9.97 Å². The molecule has 2 aromatic heterocycles. The first-order chi connectivity index (χ1) is 13.7. The van der Waals surface area contributed by atoms with E-state index in [-0.39, 0.29) is 11.6 Å². The molecule has 1 saturated heterocycles. The molecule has 1 aliphatic carbocycles. The fraction of sp³-hybridized carbons (Fsp3) is 0.500. The summed E-state index contributed by atoms with van der Waals surface area (Å²) in [5.41, 5.74) is 0.857. The van der Waals surface area contributed by atoms with Gasteiger partial charge in [-0.15, -0.1) is 0 Å². The van der Waals surface area contributed by atoms with E-state index in [1.807, 2.05) is 28.8 Å². The number of para-hydroxylation sites is 1. The monoisotopic (exact) mass is 397 g/mol. The summed E-state index contributed by atoms with van der Waals surface area (Å²) in [5.74, 6) is 2.18. The number of hydrogen-bond donors (Lipinski definition) is 0. The zero-order valence-corrected chi connectivity index (χ0v) is 16.7. The summed E-state index contributed by atoms with van der Waals surface area (Å²) in [5, 5.41) is 1.59. The van der Waals surface area contributed by atoms with Crippen molar-refractivity contribution in [1.82, 2.24) is 18.9 Å². The summed E-state index contributed by atoms with van der Waals surface area (Å²) in [7, 11) is 1.65. The molecule has 0 amide bonds. The molecule has 0 radical (unpaired) electrons. The van der Waals surface area contributed by atoms with Crippen molar-refractivity contribution in [3.8, 4) is 0 Å². The molecule has 7 nitrogen and oxygen atoms in total. The largest absolute Gasteiger partial charge is 0.377 e. The lowest BCUT2D eigenvalue weighted by molar-refractivity contribution is 0.179. The number of rotatable bonds is 6. The molecule has 0 spiro atoms. The van der Waals surface area contributed by atoms with Crippen molar-refractivity contribution < 1.29 is 4.74 Å². The molecule has 2 aliphatic rings. The highest BCUT2D eigenvalue weighted by molar-refractivity contribution is 7.09. The van der Waals surface area contributed by atoms with Crippen molar-refractivity contribution in [2.24, 2.45) is 5.92 Å². The minimum absolute atomic E-state index is 0.0550. The Labute approximate surface area is 167 Å².